The standard InChI is InChI=1S/C23H34N4O5/c1-3-12-32-20-6-4-19(5-7-20)23(2)21(28)26(17-24-8-13-30-14-9-24)22(29)27(23)18-25-10-15-31-16-11-25/h4-7H,3,8-18H2,1-2H3. The molecule has 1 aromatic rings. The molecule has 1 unspecified atom stereocenters. The number of hydrogen-bond donors (Lipinski definition) is 0. The van der Waals surface area contributed by atoms with Gasteiger partial charge in [0.05, 0.1) is 46.4 Å². The van der Waals surface area contributed by atoms with Crippen LogP contribution in [0.3, 0.4) is 0 Å². The summed E-state index contributed by atoms with van der Waals surface area (Å²) in [5.41, 5.74) is -0.289. The molecule has 32 heavy (non-hydrogen) atoms. The number of imide groups is 1. The van der Waals surface area contributed by atoms with Crippen molar-refractivity contribution in [1.29, 1.82) is 0 Å². The number of carbonyl (C=O) groups excluding carboxylic acids is 2. The molecule has 3 fully saturated rings. The molecule has 1 aromatic carbocycles. The molecule has 0 aliphatic carbocycles. The van der Waals surface area contributed by atoms with Crippen LogP contribution in [0.5, 0.6) is 5.75 Å². The van der Waals surface area contributed by atoms with Crippen molar-refractivity contribution < 1.29 is 23.8 Å². The Balaban J connectivity index is 1.60. The summed E-state index contributed by atoms with van der Waals surface area (Å²) in [4.78, 5) is 34.7. The van der Waals surface area contributed by atoms with Gasteiger partial charge in [0.15, 0.2) is 0 Å². The van der Waals surface area contributed by atoms with E-state index in [1.807, 2.05) is 31.2 Å². The largest absolute Gasteiger partial charge is 0.494 e. The monoisotopic (exact) mass is 446 g/mol. The first-order chi connectivity index (χ1) is 15.5. The first kappa shape index (κ1) is 23.0. The minimum Gasteiger partial charge on any atom is -0.494 e. The average molecular weight is 447 g/mol. The number of ether oxygens (including phenoxy) is 3. The lowest BCUT2D eigenvalue weighted by molar-refractivity contribution is -0.135. The van der Waals surface area contributed by atoms with Gasteiger partial charge in [-0.25, -0.2) is 9.69 Å². The van der Waals surface area contributed by atoms with E-state index in [0.717, 1.165) is 30.8 Å². The van der Waals surface area contributed by atoms with Crippen molar-refractivity contribution in [3.05, 3.63) is 29.8 Å². The number of hydrogen-bond acceptors (Lipinski definition) is 7. The second kappa shape index (κ2) is 10.2. The van der Waals surface area contributed by atoms with E-state index in [2.05, 4.69) is 16.7 Å². The molecular formula is C23H34N4O5. The summed E-state index contributed by atoms with van der Waals surface area (Å²) in [5, 5.41) is 0. The Morgan fingerprint density at radius 3 is 2.03 bits per heavy atom. The van der Waals surface area contributed by atoms with Gasteiger partial charge < -0.3 is 14.2 Å². The number of urea groups is 1. The van der Waals surface area contributed by atoms with Crippen LogP contribution in [0, 0.1) is 0 Å². The fraction of sp³-hybridized carbons (Fsp3) is 0.652. The Kier molecular flexibility index (Phi) is 7.30. The summed E-state index contributed by atoms with van der Waals surface area (Å²) in [5.74, 6) is 0.574. The summed E-state index contributed by atoms with van der Waals surface area (Å²) < 4.78 is 16.6. The maximum Gasteiger partial charge on any atom is 0.330 e. The number of carbonyl (C=O) groups is 2. The quantitative estimate of drug-likeness (QED) is 0.561. The third-order valence-electron chi connectivity index (χ3n) is 6.44. The molecule has 0 spiro atoms. The van der Waals surface area contributed by atoms with E-state index in [9.17, 15) is 9.59 Å². The average Bonchev–Trinajstić information content (AvgIpc) is 3.01. The molecule has 9 heteroatoms. The fourth-order valence-electron chi connectivity index (χ4n) is 4.39. The van der Waals surface area contributed by atoms with E-state index in [0.29, 0.717) is 52.8 Å². The third-order valence-corrected chi connectivity index (χ3v) is 6.44. The second-order valence-electron chi connectivity index (χ2n) is 8.63. The normalized spacial score (nSPS) is 25.6. The summed E-state index contributed by atoms with van der Waals surface area (Å²) in [6, 6.07) is 7.32. The molecule has 3 amide bonds. The summed E-state index contributed by atoms with van der Waals surface area (Å²) in [6.07, 6.45) is 0.927. The van der Waals surface area contributed by atoms with E-state index in [1.165, 1.54) is 4.90 Å². The van der Waals surface area contributed by atoms with Gasteiger partial charge in [0.2, 0.25) is 0 Å². The number of benzene rings is 1. The highest BCUT2D eigenvalue weighted by atomic mass is 16.5. The number of nitrogens with zero attached hydrogens (tertiary/aromatic N) is 4. The molecule has 3 aliphatic heterocycles. The first-order valence-corrected chi connectivity index (χ1v) is 11.5. The second-order valence-corrected chi connectivity index (χ2v) is 8.63. The Hall–Kier alpha value is -2.20. The number of morpholine rings is 2. The van der Waals surface area contributed by atoms with Crippen molar-refractivity contribution in [2.24, 2.45) is 0 Å². The van der Waals surface area contributed by atoms with Crippen molar-refractivity contribution in [1.82, 2.24) is 19.6 Å². The van der Waals surface area contributed by atoms with E-state index >= 15 is 0 Å². The predicted octanol–water partition coefficient (Wildman–Crippen LogP) is 1.53. The van der Waals surface area contributed by atoms with Crippen molar-refractivity contribution in [3.63, 3.8) is 0 Å². The Morgan fingerprint density at radius 2 is 1.47 bits per heavy atom. The van der Waals surface area contributed by atoms with Gasteiger partial charge >= 0.3 is 6.03 Å². The SMILES string of the molecule is CCCOc1ccc(C2(C)C(=O)N(CN3CCOCC3)C(=O)N2CN2CCOCC2)cc1. The van der Waals surface area contributed by atoms with Gasteiger partial charge in [-0.15, -0.1) is 0 Å². The van der Waals surface area contributed by atoms with E-state index < -0.39 is 5.54 Å². The zero-order valence-electron chi connectivity index (χ0n) is 19.1. The van der Waals surface area contributed by atoms with E-state index in [4.69, 9.17) is 14.2 Å². The zero-order valence-corrected chi connectivity index (χ0v) is 19.1. The maximum absolute atomic E-state index is 13.8. The van der Waals surface area contributed by atoms with Crippen LogP contribution in [0.1, 0.15) is 25.8 Å². The van der Waals surface area contributed by atoms with Crippen LogP contribution < -0.4 is 4.74 Å². The van der Waals surface area contributed by atoms with Crippen LogP contribution in [-0.2, 0) is 19.8 Å². The third kappa shape index (κ3) is 4.61. The highest BCUT2D eigenvalue weighted by Gasteiger charge is 2.56. The molecule has 0 bridgehead atoms. The zero-order chi connectivity index (χ0) is 22.6. The van der Waals surface area contributed by atoms with Crippen LogP contribution in [0.2, 0.25) is 0 Å². The molecule has 3 aliphatic rings. The van der Waals surface area contributed by atoms with Gasteiger partial charge in [-0.05, 0) is 31.0 Å². The van der Waals surface area contributed by atoms with Crippen LogP contribution in [0.4, 0.5) is 4.79 Å². The van der Waals surface area contributed by atoms with Crippen molar-refractivity contribution in [2.75, 3.05) is 72.6 Å². The number of amides is 3. The van der Waals surface area contributed by atoms with Crippen molar-refractivity contribution in [2.45, 2.75) is 25.8 Å². The summed E-state index contributed by atoms with van der Waals surface area (Å²) in [7, 11) is 0. The van der Waals surface area contributed by atoms with Gasteiger partial charge in [-0.3, -0.25) is 19.5 Å². The van der Waals surface area contributed by atoms with Crippen LogP contribution in [0.15, 0.2) is 24.3 Å². The van der Waals surface area contributed by atoms with Crippen LogP contribution in [-0.4, -0.2) is 104 Å². The number of rotatable bonds is 8. The summed E-state index contributed by atoms with van der Waals surface area (Å²) in [6.45, 7) is 10.6. The minimum absolute atomic E-state index is 0.190. The molecule has 0 N–H and O–H groups in total. The van der Waals surface area contributed by atoms with Gasteiger partial charge in [-0.2, -0.15) is 0 Å². The maximum atomic E-state index is 13.8. The van der Waals surface area contributed by atoms with Crippen molar-refractivity contribution in [3.8, 4) is 5.75 Å². The highest BCUT2D eigenvalue weighted by Crippen LogP contribution is 2.38. The van der Waals surface area contributed by atoms with E-state index in [-0.39, 0.29) is 18.6 Å². The Bertz CT molecular complexity index is 792. The van der Waals surface area contributed by atoms with Crippen LogP contribution >= 0.6 is 0 Å². The first-order valence-electron chi connectivity index (χ1n) is 11.5. The predicted molar refractivity (Wildman–Crippen MR) is 118 cm³/mol. The molecule has 3 heterocycles. The Labute approximate surface area is 189 Å². The smallest absolute Gasteiger partial charge is 0.330 e. The van der Waals surface area contributed by atoms with Gasteiger partial charge in [-0.1, -0.05) is 19.1 Å². The lowest BCUT2D eigenvalue weighted by Crippen LogP contribution is -2.51. The van der Waals surface area contributed by atoms with Crippen LogP contribution in [0.25, 0.3) is 0 Å². The molecule has 1 atom stereocenters. The molecule has 0 aromatic heterocycles. The van der Waals surface area contributed by atoms with E-state index in [1.54, 1.807) is 4.90 Å². The van der Waals surface area contributed by atoms with Gasteiger partial charge in [0.25, 0.3) is 5.91 Å². The minimum atomic E-state index is -1.08. The fourth-order valence-corrected chi connectivity index (χ4v) is 4.39. The molecular weight excluding hydrogens is 412 g/mol. The van der Waals surface area contributed by atoms with Gasteiger partial charge in [0.1, 0.15) is 11.3 Å². The molecule has 0 saturated carbocycles. The lowest BCUT2D eigenvalue weighted by Gasteiger charge is -2.37. The molecule has 3 saturated heterocycles. The topological polar surface area (TPSA) is 74.8 Å². The molecule has 4 rings (SSSR count). The molecule has 0 radical (unpaired) electrons. The summed E-state index contributed by atoms with van der Waals surface area (Å²) >= 11 is 0. The molecule has 9 nitrogen and oxygen atoms in total. The van der Waals surface area contributed by atoms with Gasteiger partial charge in [0, 0.05) is 26.2 Å². The highest BCUT2D eigenvalue weighted by molar-refractivity contribution is 6.07. The lowest BCUT2D eigenvalue weighted by atomic mass is 9.90. The molecule has 176 valence electrons. The Morgan fingerprint density at radius 1 is 0.906 bits per heavy atom. The van der Waals surface area contributed by atoms with Crippen molar-refractivity contribution >= 4 is 11.9 Å².